The highest BCUT2D eigenvalue weighted by Crippen LogP contribution is 2.22. The molecule has 0 bridgehead atoms. The van der Waals surface area contributed by atoms with Crippen LogP contribution in [0.5, 0.6) is 0 Å². The summed E-state index contributed by atoms with van der Waals surface area (Å²) in [6.07, 6.45) is 0.317. The summed E-state index contributed by atoms with van der Waals surface area (Å²) in [4.78, 5) is 16.3. The fourth-order valence-corrected chi connectivity index (χ4v) is 2.89. The van der Waals surface area contributed by atoms with Gasteiger partial charge in [0.25, 0.3) is 0 Å². The van der Waals surface area contributed by atoms with Crippen molar-refractivity contribution in [3.63, 3.8) is 0 Å². The lowest BCUT2D eigenvalue weighted by Gasteiger charge is -2.13. The summed E-state index contributed by atoms with van der Waals surface area (Å²) in [5.41, 5.74) is 4.85. The van der Waals surface area contributed by atoms with Crippen molar-refractivity contribution in [1.82, 2.24) is 20.4 Å². The molecule has 0 unspecified atom stereocenters. The van der Waals surface area contributed by atoms with Gasteiger partial charge in [-0.05, 0) is 38.5 Å². The van der Waals surface area contributed by atoms with Gasteiger partial charge >= 0.3 is 0 Å². The summed E-state index contributed by atoms with van der Waals surface area (Å²) in [6, 6.07) is 5.46. The number of carbonyl (C=O) groups is 1. The van der Waals surface area contributed by atoms with Crippen LogP contribution >= 0.6 is 11.6 Å². The second-order valence-corrected chi connectivity index (χ2v) is 6.74. The Morgan fingerprint density at radius 1 is 1.26 bits per heavy atom. The van der Waals surface area contributed by atoms with Crippen LogP contribution in [0.25, 0.3) is 0 Å². The zero-order valence-electron chi connectivity index (χ0n) is 16.5. The highest BCUT2D eigenvalue weighted by Gasteiger charge is 2.10. The van der Waals surface area contributed by atoms with Crippen LogP contribution in [-0.4, -0.2) is 35.2 Å². The highest BCUT2D eigenvalue weighted by molar-refractivity contribution is 6.31. The van der Waals surface area contributed by atoms with Gasteiger partial charge in [-0.3, -0.25) is 14.5 Å². The Kier molecular flexibility index (Phi) is 7.24. The standard InChI is InChI=1S/C19H27ClN6O/c1-12-16(20)7-6-8-17(12)24-18(27)9-10-22-19(21-4)23-11-15-13(2)25-26(5)14(15)3/h6-8H,9-11H2,1-5H3,(H,24,27)(H2,21,22,23). The van der Waals surface area contributed by atoms with Gasteiger partial charge in [-0.2, -0.15) is 5.10 Å². The topological polar surface area (TPSA) is 83.3 Å². The number of nitrogens with zero attached hydrogens (tertiary/aromatic N) is 3. The van der Waals surface area contributed by atoms with Crippen molar-refractivity contribution < 1.29 is 4.79 Å². The highest BCUT2D eigenvalue weighted by atomic mass is 35.5. The monoisotopic (exact) mass is 390 g/mol. The van der Waals surface area contributed by atoms with Gasteiger partial charge in [0.2, 0.25) is 5.91 Å². The first kappa shape index (κ1) is 20.8. The largest absolute Gasteiger partial charge is 0.356 e. The van der Waals surface area contributed by atoms with Gasteiger partial charge in [-0.1, -0.05) is 17.7 Å². The molecule has 1 amide bonds. The third-order valence-corrected chi connectivity index (χ3v) is 4.91. The average molecular weight is 391 g/mol. The number of nitrogens with one attached hydrogen (secondary N) is 3. The van der Waals surface area contributed by atoms with Crippen molar-refractivity contribution in [2.45, 2.75) is 33.7 Å². The van der Waals surface area contributed by atoms with Crippen LogP contribution in [0.15, 0.2) is 23.2 Å². The summed E-state index contributed by atoms with van der Waals surface area (Å²) < 4.78 is 1.87. The Morgan fingerprint density at radius 3 is 2.63 bits per heavy atom. The number of halogens is 1. The number of benzene rings is 1. The van der Waals surface area contributed by atoms with Crippen LogP contribution in [0.4, 0.5) is 5.69 Å². The molecular formula is C19H27ClN6O. The van der Waals surface area contributed by atoms with E-state index in [0.717, 1.165) is 28.2 Å². The van der Waals surface area contributed by atoms with E-state index < -0.39 is 0 Å². The predicted octanol–water partition coefficient (Wildman–Crippen LogP) is 2.69. The summed E-state index contributed by atoms with van der Waals surface area (Å²) in [6.45, 7) is 7.00. The molecule has 1 aromatic carbocycles. The van der Waals surface area contributed by atoms with Crippen molar-refractivity contribution in [2.24, 2.45) is 12.0 Å². The zero-order valence-corrected chi connectivity index (χ0v) is 17.2. The minimum absolute atomic E-state index is 0.0812. The van der Waals surface area contributed by atoms with E-state index in [9.17, 15) is 4.79 Å². The summed E-state index contributed by atoms with van der Waals surface area (Å²) in [5, 5.41) is 14.3. The number of guanidine groups is 1. The van der Waals surface area contributed by atoms with Gasteiger partial charge in [-0.25, -0.2) is 0 Å². The van der Waals surface area contributed by atoms with Crippen molar-refractivity contribution in [3.05, 3.63) is 45.7 Å². The fourth-order valence-electron chi connectivity index (χ4n) is 2.72. The Hall–Kier alpha value is -2.54. The van der Waals surface area contributed by atoms with Gasteiger partial charge in [0.05, 0.1) is 5.69 Å². The number of aliphatic imine (C=N–C) groups is 1. The number of amides is 1. The summed E-state index contributed by atoms with van der Waals surface area (Å²) in [5.74, 6) is 0.562. The molecule has 1 aromatic heterocycles. The van der Waals surface area contributed by atoms with E-state index in [1.165, 1.54) is 0 Å². The Labute approximate surface area is 165 Å². The molecule has 2 aromatic rings. The molecule has 0 aliphatic carbocycles. The first-order valence-corrected chi connectivity index (χ1v) is 9.19. The zero-order chi connectivity index (χ0) is 20.0. The number of rotatable bonds is 6. The van der Waals surface area contributed by atoms with Gasteiger partial charge in [0.1, 0.15) is 0 Å². The maximum absolute atomic E-state index is 12.2. The fraction of sp³-hybridized carbons (Fsp3) is 0.421. The summed E-state index contributed by atoms with van der Waals surface area (Å²) in [7, 11) is 3.63. The van der Waals surface area contributed by atoms with Crippen LogP contribution in [0.3, 0.4) is 0 Å². The Morgan fingerprint density at radius 2 is 2.00 bits per heavy atom. The van der Waals surface area contributed by atoms with E-state index in [1.807, 2.05) is 44.6 Å². The number of aromatic nitrogens is 2. The molecule has 0 atom stereocenters. The second kappa shape index (κ2) is 9.41. The maximum atomic E-state index is 12.2. The predicted molar refractivity (Wildman–Crippen MR) is 110 cm³/mol. The molecular weight excluding hydrogens is 364 g/mol. The molecule has 0 fully saturated rings. The third kappa shape index (κ3) is 5.47. The number of carbonyl (C=O) groups excluding carboxylic acids is 1. The lowest BCUT2D eigenvalue weighted by Crippen LogP contribution is -2.38. The molecule has 27 heavy (non-hydrogen) atoms. The minimum atomic E-state index is -0.0812. The maximum Gasteiger partial charge on any atom is 0.226 e. The average Bonchev–Trinajstić information content (AvgIpc) is 2.87. The van der Waals surface area contributed by atoms with Gasteiger partial charge in [0.15, 0.2) is 5.96 Å². The molecule has 8 heteroatoms. The molecule has 0 aliphatic rings. The van der Waals surface area contributed by atoms with Gasteiger partial charge in [-0.15, -0.1) is 0 Å². The first-order chi connectivity index (χ1) is 12.8. The van der Waals surface area contributed by atoms with Crippen LogP contribution in [0.2, 0.25) is 5.02 Å². The number of anilines is 1. The second-order valence-electron chi connectivity index (χ2n) is 6.34. The molecule has 0 aliphatic heterocycles. The van der Waals surface area contributed by atoms with Crippen molar-refractivity contribution in [2.75, 3.05) is 18.9 Å². The van der Waals surface area contributed by atoms with Crippen molar-refractivity contribution in [3.8, 4) is 0 Å². The molecule has 3 N–H and O–H groups in total. The third-order valence-electron chi connectivity index (χ3n) is 4.50. The molecule has 2 rings (SSSR count). The number of hydrogen-bond donors (Lipinski definition) is 3. The van der Waals surface area contributed by atoms with Crippen molar-refractivity contribution in [1.29, 1.82) is 0 Å². The molecule has 0 spiro atoms. The smallest absolute Gasteiger partial charge is 0.226 e. The molecule has 146 valence electrons. The van der Waals surface area contributed by atoms with Gasteiger partial charge in [0, 0.05) is 55.6 Å². The van der Waals surface area contributed by atoms with Crippen LogP contribution < -0.4 is 16.0 Å². The molecule has 0 radical (unpaired) electrons. The van der Waals surface area contributed by atoms with Crippen LogP contribution in [-0.2, 0) is 18.4 Å². The van der Waals surface area contributed by atoms with E-state index in [0.29, 0.717) is 30.5 Å². The number of hydrogen-bond acceptors (Lipinski definition) is 3. The van der Waals surface area contributed by atoms with E-state index >= 15 is 0 Å². The normalized spacial score (nSPS) is 11.4. The minimum Gasteiger partial charge on any atom is -0.356 e. The van der Waals surface area contributed by atoms with Gasteiger partial charge < -0.3 is 16.0 Å². The van der Waals surface area contributed by atoms with Crippen LogP contribution in [0, 0.1) is 20.8 Å². The van der Waals surface area contributed by atoms with E-state index in [2.05, 4.69) is 26.0 Å². The Balaban J connectivity index is 1.80. The first-order valence-electron chi connectivity index (χ1n) is 8.82. The van der Waals surface area contributed by atoms with Crippen LogP contribution in [0.1, 0.15) is 28.9 Å². The molecule has 7 nitrogen and oxygen atoms in total. The molecule has 0 saturated carbocycles. The van der Waals surface area contributed by atoms with Crippen molar-refractivity contribution >= 4 is 29.2 Å². The Bertz CT molecular complexity index is 843. The lowest BCUT2D eigenvalue weighted by atomic mass is 10.2. The quantitative estimate of drug-likeness (QED) is 0.523. The molecule has 0 saturated heterocycles. The lowest BCUT2D eigenvalue weighted by molar-refractivity contribution is -0.116. The number of aryl methyl sites for hydroxylation is 2. The SMILES string of the molecule is CN=C(NCCC(=O)Nc1cccc(Cl)c1C)NCc1c(C)nn(C)c1C. The van der Waals surface area contributed by atoms with E-state index in [4.69, 9.17) is 11.6 Å². The molecule has 1 heterocycles. The summed E-state index contributed by atoms with van der Waals surface area (Å²) >= 11 is 6.08. The van der Waals surface area contributed by atoms with E-state index in [-0.39, 0.29) is 5.91 Å². The van der Waals surface area contributed by atoms with E-state index in [1.54, 1.807) is 13.1 Å².